The van der Waals surface area contributed by atoms with E-state index in [2.05, 4.69) is 0 Å². The molecule has 30 heavy (non-hydrogen) atoms. The van der Waals surface area contributed by atoms with Gasteiger partial charge < -0.3 is 14.2 Å². The molecule has 2 atom stereocenters. The predicted octanol–water partition coefficient (Wildman–Crippen LogP) is 2.94. The van der Waals surface area contributed by atoms with Crippen molar-refractivity contribution >= 4 is 21.8 Å². The maximum absolute atomic E-state index is 12.4. The zero-order chi connectivity index (χ0) is 22.7. The molecule has 11 heteroatoms. The average molecular weight is 445 g/mol. The molecule has 1 heterocycles. The molecule has 0 bridgehead atoms. The summed E-state index contributed by atoms with van der Waals surface area (Å²) in [4.78, 5) is 22.0. The molecule has 0 spiro atoms. The Hall–Kier alpha value is -2.08. The van der Waals surface area contributed by atoms with Gasteiger partial charge in [0.1, 0.15) is 5.60 Å². The van der Waals surface area contributed by atoms with E-state index in [0.29, 0.717) is 0 Å². The first kappa shape index (κ1) is 24.2. The van der Waals surface area contributed by atoms with E-state index in [1.807, 2.05) is 0 Å². The van der Waals surface area contributed by atoms with Gasteiger partial charge in [0.2, 0.25) is 0 Å². The van der Waals surface area contributed by atoms with Gasteiger partial charge in [-0.05, 0) is 46.8 Å². The second kappa shape index (κ2) is 8.96. The molecule has 1 aromatic carbocycles. The van der Waals surface area contributed by atoms with Crippen molar-refractivity contribution in [1.29, 1.82) is 0 Å². The maximum atomic E-state index is 12.4. The normalized spacial score (nSPS) is 21.8. The number of rotatable bonds is 7. The van der Waals surface area contributed by atoms with Crippen molar-refractivity contribution in [2.24, 2.45) is 0 Å². The minimum absolute atomic E-state index is 0.00430. The van der Waals surface area contributed by atoms with E-state index in [-0.39, 0.29) is 30.0 Å². The van der Waals surface area contributed by atoms with Crippen molar-refractivity contribution < 1.29 is 36.5 Å². The van der Waals surface area contributed by atoms with E-state index < -0.39 is 44.6 Å². The van der Waals surface area contributed by atoms with Crippen molar-refractivity contribution in [2.75, 3.05) is 6.61 Å². The first-order valence-electron chi connectivity index (χ1n) is 9.38. The number of carbonyl (C=O) groups excluding carboxylic acids is 1. The highest BCUT2D eigenvalue weighted by molar-refractivity contribution is 7.86. The van der Waals surface area contributed by atoms with Gasteiger partial charge in [-0.2, -0.15) is 8.42 Å². The zero-order valence-corrected chi connectivity index (χ0v) is 18.4. The molecule has 2 rings (SSSR count). The summed E-state index contributed by atoms with van der Waals surface area (Å²) in [5, 5.41) is 10.7. The number of esters is 1. The number of non-ortho nitro benzene ring substituents is 1. The lowest BCUT2D eigenvalue weighted by Crippen LogP contribution is -2.47. The van der Waals surface area contributed by atoms with Crippen molar-refractivity contribution in [3.63, 3.8) is 0 Å². The lowest BCUT2D eigenvalue weighted by Gasteiger charge is -2.40. The van der Waals surface area contributed by atoms with Crippen LogP contribution in [0, 0.1) is 10.1 Å². The van der Waals surface area contributed by atoms with E-state index >= 15 is 0 Å². The Morgan fingerprint density at radius 1 is 1.20 bits per heavy atom. The molecule has 1 aromatic rings. The van der Waals surface area contributed by atoms with Crippen LogP contribution in [-0.4, -0.2) is 49.5 Å². The van der Waals surface area contributed by atoms with Crippen LogP contribution in [0.3, 0.4) is 0 Å². The standard InChI is InChI=1S/C19H27NO9S/c1-18(2,3)29-17(21)11-14-10-15(28-19(4,5)27-14)12-26-30(24,25)16-8-6-13(7-9-16)20(22)23/h6-9,14-15H,10-12H2,1-5H3/t14-,15+/m1/s1. The molecule has 1 aliphatic rings. The highest BCUT2D eigenvalue weighted by atomic mass is 32.2. The predicted molar refractivity (Wildman–Crippen MR) is 105 cm³/mol. The number of hydrogen-bond donors (Lipinski definition) is 0. The summed E-state index contributed by atoms with van der Waals surface area (Å²) < 4.78 is 46.6. The molecule has 0 aliphatic carbocycles. The molecule has 0 aromatic heterocycles. The van der Waals surface area contributed by atoms with Crippen molar-refractivity contribution in [3.05, 3.63) is 34.4 Å². The van der Waals surface area contributed by atoms with Crippen LogP contribution in [0.25, 0.3) is 0 Å². The van der Waals surface area contributed by atoms with E-state index in [9.17, 15) is 23.3 Å². The third kappa shape index (κ3) is 7.31. The van der Waals surface area contributed by atoms with Crippen LogP contribution in [0.2, 0.25) is 0 Å². The quantitative estimate of drug-likeness (QED) is 0.269. The first-order valence-corrected chi connectivity index (χ1v) is 10.8. The molecule has 1 aliphatic heterocycles. The minimum Gasteiger partial charge on any atom is -0.460 e. The van der Waals surface area contributed by atoms with Crippen molar-refractivity contribution in [3.8, 4) is 0 Å². The Balaban J connectivity index is 2.00. The van der Waals surface area contributed by atoms with E-state index in [4.69, 9.17) is 18.4 Å². The van der Waals surface area contributed by atoms with Gasteiger partial charge in [-0.15, -0.1) is 0 Å². The Labute approximate surface area is 175 Å². The number of nitro benzene ring substituents is 1. The minimum atomic E-state index is -4.14. The SMILES string of the molecule is CC(C)(C)OC(=O)C[C@H]1C[C@@H](COS(=O)(=O)c2ccc([N+](=O)[O-])cc2)OC(C)(C)O1. The van der Waals surface area contributed by atoms with Gasteiger partial charge in [0.05, 0.1) is 35.1 Å². The van der Waals surface area contributed by atoms with E-state index in [1.54, 1.807) is 34.6 Å². The molecule has 10 nitrogen and oxygen atoms in total. The molecule has 1 saturated heterocycles. The molecule has 1 fully saturated rings. The Bertz CT molecular complexity index is 872. The monoisotopic (exact) mass is 445 g/mol. The molecular formula is C19H27NO9S. The Kier molecular flexibility index (Phi) is 7.23. The molecule has 0 N–H and O–H groups in total. The maximum Gasteiger partial charge on any atom is 0.308 e. The molecule has 0 radical (unpaired) electrons. The second-order valence-electron chi connectivity index (χ2n) is 8.40. The van der Waals surface area contributed by atoms with Gasteiger partial charge in [-0.3, -0.25) is 19.1 Å². The van der Waals surface area contributed by atoms with Crippen molar-refractivity contribution in [2.45, 2.75) is 76.0 Å². The Morgan fingerprint density at radius 3 is 2.30 bits per heavy atom. The van der Waals surface area contributed by atoms with Crippen LogP contribution in [-0.2, 0) is 33.3 Å². The lowest BCUT2D eigenvalue weighted by molar-refractivity contribution is -0.384. The van der Waals surface area contributed by atoms with Crippen LogP contribution in [0.5, 0.6) is 0 Å². The summed E-state index contributed by atoms with van der Waals surface area (Å²) >= 11 is 0. The highest BCUT2D eigenvalue weighted by Crippen LogP contribution is 2.30. The van der Waals surface area contributed by atoms with Crippen LogP contribution in [0.1, 0.15) is 47.5 Å². The summed E-state index contributed by atoms with van der Waals surface area (Å²) in [6.45, 7) is 8.31. The zero-order valence-electron chi connectivity index (χ0n) is 17.6. The highest BCUT2D eigenvalue weighted by Gasteiger charge is 2.38. The van der Waals surface area contributed by atoms with Gasteiger partial charge in [-0.25, -0.2) is 0 Å². The summed E-state index contributed by atoms with van der Waals surface area (Å²) in [6, 6.07) is 4.38. The fraction of sp³-hybridized carbons (Fsp3) is 0.632. The number of carbonyl (C=O) groups is 1. The van der Waals surface area contributed by atoms with Crippen LogP contribution in [0.4, 0.5) is 5.69 Å². The third-order valence-corrected chi connectivity index (χ3v) is 5.28. The molecule has 168 valence electrons. The van der Waals surface area contributed by atoms with E-state index in [0.717, 1.165) is 24.3 Å². The topological polar surface area (TPSA) is 131 Å². The fourth-order valence-corrected chi connectivity index (χ4v) is 3.92. The summed E-state index contributed by atoms with van der Waals surface area (Å²) in [6.07, 6.45) is -0.943. The van der Waals surface area contributed by atoms with Gasteiger partial charge >= 0.3 is 5.97 Å². The summed E-state index contributed by atoms with van der Waals surface area (Å²) in [5.41, 5.74) is -0.854. The summed E-state index contributed by atoms with van der Waals surface area (Å²) in [7, 11) is -4.14. The molecular weight excluding hydrogens is 418 g/mol. The molecule has 0 amide bonds. The van der Waals surface area contributed by atoms with E-state index in [1.165, 1.54) is 0 Å². The average Bonchev–Trinajstić information content (AvgIpc) is 2.57. The van der Waals surface area contributed by atoms with Gasteiger partial charge in [0.15, 0.2) is 5.79 Å². The van der Waals surface area contributed by atoms with Gasteiger partial charge in [0.25, 0.3) is 15.8 Å². The number of benzene rings is 1. The number of ether oxygens (including phenoxy) is 3. The second-order valence-corrected chi connectivity index (χ2v) is 10.0. The Morgan fingerprint density at radius 2 is 1.77 bits per heavy atom. The largest absolute Gasteiger partial charge is 0.460 e. The molecule has 0 unspecified atom stereocenters. The number of nitro groups is 1. The van der Waals surface area contributed by atoms with Crippen LogP contribution >= 0.6 is 0 Å². The number of nitrogens with zero attached hydrogens (tertiary/aromatic N) is 1. The molecule has 0 saturated carbocycles. The van der Waals surface area contributed by atoms with Gasteiger partial charge in [-0.1, -0.05) is 0 Å². The summed E-state index contributed by atoms with van der Waals surface area (Å²) in [5.74, 6) is -1.47. The smallest absolute Gasteiger partial charge is 0.308 e. The van der Waals surface area contributed by atoms with Crippen LogP contribution < -0.4 is 0 Å². The fourth-order valence-electron chi connectivity index (χ4n) is 2.98. The first-order chi connectivity index (χ1) is 13.7. The van der Waals surface area contributed by atoms with Gasteiger partial charge in [0, 0.05) is 18.6 Å². The third-order valence-electron chi connectivity index (χ3n) is 3.99. The van der Waals surface area contributed by atoms with Crippen LogP contribution in [0.15, 0.2) is 29.2 Å². The lowest BCUT2D eigenvalue weighted by atomic mass is 10.1. The number of hydrogen-bond acceptors (Lipinski definition) is 9. The van der Waals surface area contributed by atoms with Crippen molar-refractivity contribution in [1.82, 2.24) is 0 Å².